The van der Waals surface area contributed by atoms with Gasteiger partial charge in [-0.25, -0.2) is 4.99 Å². The third kappa shape index (κ3) is 10.2. The van der Waals surface area contributed by atoms with Crippen molar-refractivity contribution < 1.29 is 14.7 Å². The number of hydrogen-bond acceptors (Lipinski definition) is 7. The number of thioether (sulfide) groups is 1. The third-order valence-electron chi connectivity index (χ3n) is 6.27. The molecule has 1 saturated carbocycles. The van der Waals surface area contributed by atoms with E-state index in [4.69, 9.17) is 0 Å². The number of nitrogens with one attached hydrogen (secondary N) is 2. The van der Waals surface area contributed by atoms with Crippen LogP contribution >= 0.6 is 11.8 Å². The molecule has 0 saturated heterocycles. The van der Waals surface area contributed by atoms with Crippen LogP contribution in [0.1, 0.15) is 43.8 Å². The smallest absolute Gasteiger partial charge is 0.218 e. The summed E-state index contributed by atoms with van der Waals surface area (Å²) in [5, 5.41) is 16.6. The van der Waals surface area contributed by atoms with Gasteiger partial charge >= 0.3 is 0 Å². The summed E-state index contributed by atoms with van der Waals surface area (Å²) < 4.78 is 0. The van der Waals surface area contributed by atoms with Crippen molar-refractivity contribution >= 4 is 35.2 Å². The lowest BCUT2D eigenvalue weighted by Gasteiger charge is -2.28. The first-order valence-electron chi connectivity index (χ1n) is 12.9. The summed E-state index contributed by atoms with van der Waals surface area (Å²) in [5.41, 5.74) is 3.71. The van der Waals surface area contributed by atoms with Crippen molar-refractivity contribution in [1.82, 2.24) is 10.2 Å². The number of aliphatic hydroxyl groups excluding tert-OH is 1. The Balaban J connectivity index is 0.000000233. The van der Waals surface area contributed by atoms with Gasteiger partial charge in [-0.15, -0.1) is 0 Å². The van der Waals surface area contributed by atoms with Crippen LogP contribution < -0.4 is 10.6 Å². The first-order valence-corrected chi connectivity index (χ1v) is 13.8. The molecule has 1 aliphatic carbocycles. The highest BCUT2D eigenvalue weighted by Gasteiger charge is 2.27. The van der Waals surface area contributed by atoms with Crippen molar-refractivity contribution in [1.29, 1.82) is 0 Å². The number of para-hydroxylation sites is 1. The second-order valence-electron chi connectivity index (χ2n) is 9.23. The highest BCUT2D eigenvalue weighted by atomic mass is 32.2. The monoisotopic (exact) mass is 522 g/mol. The molecule has 0 radical (unpaired) electrons. The molecule has 0 spiro atoms. The van der Waals surface area contributed by atoms with Gasteiger partial charge in [-0.1, -0.05) is 66.7 Å². The van der Waals surface area contributed by atoms with Gasteiger partial charge in [-0.2, -0.15) is 0 Å². The Morgan fingerprint density at radius 3 is 2.51 bits per heavy atom. The van der Waals surface area contributed by atoms with Crippen LogP contribution in [0.4, 0.5) is 5.69 Å². The number of rotatable bonds is 11. The van der Waals surface area contributed by atoms with Gasteiger partial charge in [0.15, 0.2) is 0 Å². The second kappa shape index (κ2) is 16.1. The molecule has 2 aromatic rings. The molecule has 4 rings (SSSR count). The summed E-state index contributed by atoms with van der Waals surface area (Å²) in [4.78, 5) is 29.3. The second-order valence-corrected chi connectivity index (χ2v) is 10.5. The summed E-state index contributed by atoms with van der Waals surface area (Å²) >= 11 is 1.51. The van der Waals surface area contributed by atoms with Crippen LogP contribution in [-0.4, -0.2) is 66.2 Å². The molecular formula is C29H38N4O3S. The van der Waals surface area contributed by atoms with Crippen molar-refractivity contribution in [3.8, 4) is 0 Å². The Hall–Kier alpha value is -2.78. The van der Waals surface area contributed by atoms with E-state index >= 15 is 0 Å². The molecule has 37 heavy (non-hydrogen) atoms. The summed E-state index contributed by atoms with van der Waals surface area (Å²) in [7, 11) is 2.06. The number of aldehydes is 1. The largest absolute Gasteiger partial charge is 0.387 e. The minimum atomic E-state index is -0.497. The van der Waals surface area contributed by atoms with E-state index in [1.165, 1.54) is 31.0 Å². The van der Waals surface area contributed by atoms with Crippen LogP contribution in [0.25, 0.3) is 0 Å². The predicted molar refractivity (Wildman–Crippen MR) is 153 cm³/mol. The molecule has 1 heterocycles. The Morgan fingerprint density at radius 1 is 1.16 bits per heavy atom. The molecule has 1 aliphatic heterocycles. The van der Waals surface area contributed by atoms with E-state index in [0.717, 1.165) is 41.8 Å². The van der Waals surface area contributed by atoms with Gasteiger partial charge in [-0.05, 0) is 37.6 Å². The molecule has 0 aromatic heterocycles. The maximum atomic E-state index is 12.6. The zero-order valence-corrected chi connectivity index (χ0v) is 22.3. The number of benzene rings is 2. The Bertz CT molecular complexity index is 1030. The van der Waals surface area contributed by atoms with Crippen LogP contribution in [0, 0.1) is 0 Å². The Labute approximate surface area is 224 Å². The number of aliphatic hydroxyl groups is 1. The van der Waals surface area contributed by atoms with E-state index in [0.29, 0.717) is 31.3 Å². The lowest BCUT2D eigenvalue weighted by atomic mass is 10.00. The van der Waals surface area contributed by atoms with Crippen molar-refractivity contribution in [3.63, 3.8) is 0 Å². The summed E-state index contributed by atoms with van der Waals surface area (Å²) in [6, 6.07) is 19.4. The normalized spacial score (nSPS) is 17.0. The number of anilines is 1. The summed E-state index contributed by atoms with van der Waals surface area (Å²) in [6.45, 7) is 2.75. The zero-order valence-electron chi connectivity index (χ0n) is 21.5. The molecule has 0 amide bonds. The first kappa shape index (κ1) is 28.8. The maximum absolute atomic E-state index is 12.6. The average molecular weight is 523 g/mol. The van der Waals surface area contributed by atoms with Crippen LogP contribution in [0.3, 0.4) is 0 Å². The van der Waals surface area contributed by atoms with Crippen LogP contribution in [0.2, 0.25) is 0 Å². The molecule has 2 aliphatic rings. The highest BCUT2D eigenvalue weighted by molar-refractivity contribution is 8.14. The molecule has 1 fully saturated rings. The lowest BCUT2D eigenvalue weighted by Crippen LogP contribution is -2.31. The number of carbonyl (C=O) groups excluding carboxylic acids is 2. The first-order chi connectivity index (χ1) is 18.1. The van der Waals surface area contributed by atoms with Crippen LogP contribution in [-0.2, 0) is 9.59 Å². The van der Waals surface area contributed by atoms with Gasteiger partial charge < -0.3 is 25.4 Å². The van der Waals surface area contributed by atoms with Gasteiger partial charge in [-0.3, -0.25) is 4.79 Å². The molecule has 7 nitrogen and oxygen atoms in total. The van der Waals surface area contributed by atoms with E-state index in [1.807, 2.05) is 60.7 Å². The molecule has 2 aromatic carbocycles. The fraction of sp³-hybridized carbons (Fsp3) is 0.414. The number of nitrogens with zero attached hydrogens (tertiary/aromatic N) is 2. The summed E-state index contributed by atoms with van der Waals surface area (Å²) in [5.74, 6) is 0. The van der Waals surface area contributed by atoms with E-state index in [-0.39, 0.29) is 5.12 Å². The fourth-order valence-corrected chi connectivity index (χ4v) is 5.03. The van der Waals surface area contributed by atoms with Gasteiger partial charge in [0, 0.05) is 55.5 Å². The van der Waals surface area contributed by atoms with Gasteiger partial charge in [0.2, 0.25) is 5.12 Å². The van der Waals surface area contributed by atoms with E-state index < -0.39 is 6.10 Å². The standard InChI is InChI=1S/C18H23N3OS.C11H15NO2/c1-21-11-10-17(20-13-19-14-6-3-2-4-7-14)16(12-21)18(22)23-15-8-5-9-15;13-8-4-7-12-9-11(14)10-5-2-1-3-6-10/h2-4,6-7,13,15H,5,8-12H2,1H3,(H,19,20);1-3,5-6,8,11-12,14H,4,7,9H2. The highest BCUT2D eigenvalue weighted by Crippen LogP contribution is 2.34. The number of hydrogen-bond donors (Lipinski definition) is 3. The molecular weight excluding hydrogens is 484 g/mol. The van der Waals surface area contributed by atoms with E-state index in [1.54, 1.807) is 6.34 Å². The minimum absolute atomic E-state index is 0.216. The van der Waals surface area contributed by atoms with Gasteiger partial charge in [0.25, 0.3) is 0 Å². The van der Waals surface area contributed by atoms with Crippen molar-refractivity contribution in [3.05, 3.63) is 77.5 Å². The van der Waals surface area contributed by atoms with Crippen molar-refractivity contribution in [2.75, 3.05) is 38.5 Å². The number of aliphatic imine (C=N–C) groups is 1. The van der Waals surface area contributed by atoms with E-state index in [2.05, 4.69) is 27.6 Å². The van der Waals surface area contributed by atoms with Crippen molar-refractivity contribution in [2.45, 2.75) is 43.5 Å². The van der Waals surface area contributed by atoms with Gasteiger partial charge in [0.05, 0.1) is 18.1 Å². The molecule has 3 N–H and O–H groups in total. The van der Waals surface area contributed by atoms with E-state index in [9.17, 15) is 14.7 Å². The Morgan fingerprint density at radius 2 is 1.86 bits per heavy atom. The minimum Gasteiger partial charge on any atom is -0.387 e. The van der Waals surface area contributed by atoms with Crippen molar-refractivity contribution in [2.24, 2.45) is 4.99 Å². The molecule has 1 atom stereocenters. The molecule has 0 bridgehead atoms. The zero-order chi connectivity index (χ0) is 26.3. The predicted octanol–water partition coefficient (Wildman–Crippen LogP) is 4.43. The molecule has 1 unspecified atom stereocenters. The Kier molecular flexibility index (Phi) is 12.6. The summed E-state index contributed by atoms with van der Waals surface area (Å²) in [6.07, 6.45) is 7.00. The molecule has 198 valence electrons. The maximum Gasteiger partial charge on any atom is 0.218 e. The lowest BCUT2D eigenvalue weighted by molar-refractivity contribution is -0.108. The third-order valence-corrected chi connectivity index (χ3v) is 7.53. The van der Waals surface area contributed by atoms with Crippen LogP contribution in [0.5, 0.6) is 0 Å². The average Bonchev–Trinajstić information content (AvgIpc) is 2.91. The number of likely N-dealkylation sites (N-methyl/N-ethyl adjacent to an activating group) is 1. The molecule has 8 heteroatoms. The fourth-order valence-electron chi connectivity index (χ4n) is 3.84. The van der Waals surface area contributed by atoms with Gasteiger partial charge in [0.1, 0.15) is 6.29 Å². The SMILES string of the molecule is CN1CCC(N=CNc2ccccc2)=C(C(=O)SC2CCC2)C1.O=CCCNCC(O)c1ccccc1. The number of carbonyl (C=O) groups is 2. The quantitative estimate of drug-likeness (QED) is 0.174. The van der Waals surface area contributed by atoms with Crippen LogP contribution in [0.15, 0.2) is 76.9 Å². The topological polar surface area (TPSA) is 94.0 Å².